The summed E-state index contributed by atoms with van der Waals surface area (Å²) in [6.45, 7) is 3.05. The zero-order chi connectivity index (χ0) is 14.4. The summed E-state index contributed by atoms with van der Waals surface area (Å²) < 4.78 is 10.3. The van der Waals surface area contributed by atoms with E-state index in [4.69, 9.17) is 9.47 Å². The van der Waals surface area contributed by atoms with Crippen LogP contribution in [0.25, 0.3) is 0 Å². The van der Waals surface area contributed by atoms with Crippen molar-refractivity contribution in [1.82, 2.24) is 4.98 Å². The van der Waals surface area contributed by atoms with Gasteiger partial charge in [-0.3, -0.25) is 4.79 Å². The molecule has 0 saturated heterocycles. The zero-order valence-corrected chi connectivity index (χ0v) is 13.0. The number of anilines is 1. The number of methoxy groups -OCH3 is 2. The Labute approximate surface area is 123 Å². The van der Waals surface area contributed by atoms with Crippen LogP contribution in [-0.4, -0.2) is 51.3 Å². The maximum Gasteiger partial charge on any atom is 0.186 e. The van der Waals surface area contributed by atoms with Crippen molar-refractivity contribution >= 4 is 22.3 Å². The molecule has 0 bridgehead atoms. The van der Waals surface area contributed by atoms with Gasteiger partial charge >= 0.3 is 0 Å². The smallest absolute Gasteiger partial charge is 0.186 e. The second kappa shape index (κ2) is 7.71. The fourth-order valence-corrected chi connectivity index (χ4v) is 3.43. The Balaban J connectivity index is 2.09. The number of rotatable bonds is 8. The molecule has 1 aromatic heterocycles. The molecule has 1 heterocycles. The lowest BCUT2D eigenvalue weighted by atomic mass is 10.0. The highest BCUT2D eigenvalue weighted by Gasteiger charge is 2.24. The monoisotopic (exact) mass is 298 g/mol. The van der Waals surface area contributed by atoms with Crippen molar-refractivity contribution in [3.8, 4) is 0 Å². The molecule has 1 aliphatic rings. The Morgan fingerprint density at radius 3 is 2.70 bits per heavy atom. The van der Waals surface area contributed by atoms with Crippen LogP contribution in [-0.2, 0) is 15.9 Å². The minimum atomic E-state index is 0.249. The number of ether oxygens (including phenoxy) is 2. The van der Waals surface area contributed by atoms with Gasteiger partial charge in [-0.2, -0.15) is 0 Å². The van der Waals surface area contributed by atoms with Crippen LogP contribution in [0.15, 0.2) is 0 Å². The van der Waals surface area contributed by atoms with Gasteiger partial charge in [-0.15, -0.1) is 0 Å². The number of carbonyl (C=O) groups excluding carboxylic acids is 1. The van der Waals surface area contributed by atoms with E-state index < -0.39 is 0 Å². The minimum absolute atomic E-state index is 0.249. The maximum absolute atomic E-state index is 11.9. The third-order valence-corrected chi connectivity index (χ3v) is 4.57. The van der Waals surface area contributed by atoms with Crippen LogP contribution in [0, 0.1) is 0 Å². The Morgan fingerprint density at radius 2 is 2.00 bits per heavy atom. The molecule has 112 valence electrons. The Bertz CT molecular complexity index is 448. The molecule has 0 saturated carbocycles. The molecule has 1 aromatic rings. The van der Waals surface area contributed by atoms with Crippen molar-refractivity contribution in [2.75, 3.05) is 45.4 Å². The minimum Gasteiger partial charge on any atom is -0.385 e. The number of Topliss-reactive ketones (excluding diaryl/α,β-unsaturated/α-hetero) is 1. The third kappa shape index (κ3) is 3.77. The molecular formula is C14H22N2O3S. The summed E-state index contributed by atoms with van der Waals surface area (Å²) in [5, 5.41) is 0.943. The Morgan fingerprint density at radius 1 is 1.20 bits per heavy atom. The van der Waals surface area contributed by atoms with Crippen molar-refractivity contribution in [3.05, 3.63) is 10.6 Å². The topological polar surface area (TPSA) is 51.7 Å². The van der Waals surface area contributed by atoms with Crippen molar-refractivity contribution in [2.24, 2.45) is 0 Å². The van der Waals surface area contributed by atoms with Gasteiger partial charge in [-0.25, -0.2) is 4.98 Å². The van der Waals surface area contributed by atoms with Crippen LogP contribution >= 0.6 is 11.3 Å². The summed E-state index contributed by atoms with van der Waals surface area (Å²) in [6.07, 6.45) is 3.46. The van der Waals surface area contributed by atoms with Crippen LogP contribution in [0.4, 0.5) is 5.13 Å². The maximum atomic E-state index is 11.9. The lowest BCUT2D eigenvalue weighted by Gasteiger charge is -2.21. The van der Waals surface area contributed by atoms with Gasteiger partial charge in [-0.05, 0) is 19.3 Å². The number of ketones is 1. The summed E-state index contributed by atoms with van der Waals surface area (Å²) in [4.78, 5) is 19.6. The van der Waals surface area contributed by atoms with Gasteiger partial charge < -0.3 is 14.4 Å². The number of hydrogen-bond donors (Lipinski definition) is 0. The van der Waals surface area contributed by atoms with Crippen LogP contribution < -0.4 is 4.90 Å². The molecule has 0 amide bonds. The van der Waals surface area contributed by atoms with E-state index in [1.165, 1.54) is 11.3 Å². The van der Waals surface area contributed by atoms with Gasteiger partial charge in [0.15, 0.2) is 10.9 Å². The van der Waals surface area contributed by atoms with E-state index in [-0.39, 0.29) is 5.78 Å². The van der Waals surface area contributed by atoms with Gasteiger partial charge in [0.2, 0.25) is 0 Å². The van der Waals surface area contributed by atoms with E-state index in [9.17, 15) is 4.79 Å². The van der Waals surface area contributed by atoms with E-state index in [1.807, 2.05) is 0 Å². The predicted octanol–water partition coefficient (Wildman–Crippen LogP) is 2.15. The second-order valence-electron chi connectivity index (χ2n) is 4.88. The molecule has 0 radical (unpaired) electrons. The Hall–Kier alpha value is -0.980. The molecule has 1 aliphatic carbocycles. The standard InChI is InChI=1S/C14H22N2O3S/c1-18-9-4-7-16(8-10-19-2)14-15-11-5-3-6-12(17)13(11)20-14/h3-10H2,1-2H3. The molecule has 0 aliphatic heterocycles. The zero-order valence-electron chi connectivity index (χ0n) is 12.2. The van der Waals surface area contributed by atoms with E-state index in [0.29, 0.717) is 13.0 Å². The van der Waals surface area contributed by atoms with E-state index in [1.54, 1.807) is 14.2 Å². The van der Waals surface area contributed by atoms with Gasteiger partial charge in [0.05, 0.1) is 17.2 Å². The van der Waals surface area contributed by atoms with Crippen molar-refractivity contribution < 1.29 is 14.3 Å². The van der Waals surface area contributed by atoms with Crippen molar-refractivity contribution in [2.45, 2.75) is 25.7 Å². The average molecular weight is 298 g/mol. The fourth-order valence-electron chi connectivity index (χ4n) is 2.30. The van der Waals surface area contributed by atoms with Gasteiger partial charge in [0.25, 0.3) is 0 Å². The summed E-state index contributed by atoms with van der Waals surface area (Å²) >= 11 is 1.53. The lowest BCUT2D eigenvalue weighted by Crippen LogP contribution is -2.28. The number of thiazole rings is 1. The molecule has 0 unspecified atom stereocenters. The second-order valence-corrected chi connectivity index (χ2v) is 5.85. The number of carbonyl (C=O) groups is 1. The molecule has 6 heteroatoms. The van der Waals surface area contributed by atoms with Crippen molar-refractivity contribution in [1.29, 1.82) is 0 Å². The molecule has 0 spiro atoms. The van der Waals surface area contributed by atoms with Gasteiger partial charge in [-0.1, -0.05) is 11.3 Å². The largest absolute Gasteiger partial charge is 0.385 e. The Kier molecular flexibility index (Phi) is 5.94. The number of hydrogen-bond acceptors (Lipinski definition) is 6. The summed E-state index contributed by atoms with van der Waals surface area (Å²) in [5.41, 5.74) is 0.982. The number of nitrogens with zero attached hydrogens (tertiary/aromatic N) is 2. The first-order chi connectivity index (χ1) is 9.76. The molecule has 0 N–H and O–H groups in total. The summed E-state index contributed by atoms with van der Waals surface area (Å²) in [6, 6.07) is 0. The highest BCUT2D eigenvalue weighted by molar-refractivity contribution is 7.17. The molecule has 0 fully saturated rings. The predicted molar refractivity (Wildman–Crippen MR) is 80.0 cm³/mol. The first kappa shape index (κ1) is 15.4. The molecule has 0 aromatic carbocycles. The lowest BCUT2D eigenvalue weighted by molar-refractivity contribution is 0.0976. The first-order valence-electron chi connectivity index (χ1n) is 7.02. The highest BCUT2D eigenvalue weighted by Crippen LogP contribution is 2.31. The number of aromatic nitrogens is 1. The number of fused-ring (bicyclic) bond motifs is 1. The van der Waals surface area contributed by atoms with Crippen LogP contribution in [0.1, 0.15) is 34.6 Å². The van der Waals surface area contributed by atoms with Crippen molar-refractivity contribution in [3.63, 3.8) is 0 Å². The summed E-state index contributed by atoms with van der Waals surface area (Å²) in [7, 11) is 3.41. The van der Waals surface area contributed by atoms with E-state index >= 15 is 0 Å². The number of aryl methyl sites for hydroxylation is 1. The SMILES string of the molecule is COCCCN(CCOC)c1nc2c(s1)C(=O)CCC2. The molecule has 5 nitrogen and oxygen atoms in total. The van der Waals surface area contributed by atoms with E-state index in [2.05, 4.69) is 9.88 Å². The van der Waals surface area contributed by atoms with Gasteiger partial charge in [0, 0.05) is 40.3 Å². The molecule has 2 rings (SSSR count). The fraction of sp³-hybridized carbons (Fsp3) is 0.714. The first-order valence-corrected chi connectivity index (χ1v) is 7.83. The normalized spacial score (nSPS) is 14.4. The molecule has 0 atom stereocenters. The highest BCUT2D eigenvalue weighted by atomic mass is 32.1. The van der Waals surface area contributed by atoms with Gasteiger partial charge in [0.1, 0.15) is 0 Å². The van der Waals surface area contributed by atoms with E-state index in [0.717, 1.165) is 54.7 Å². The van der Waals surface area contributed by atoms with Crippen LogP contribution in [0.3, 0.4) is 0 Å². The third-order valence-electron chi connectivity index (χ3n) is 3.37. The quantitative estimate of drug-likeness (QED) is 0.688. The summed E-state index contributed by atoms with van der Waals surface area (Å²) in [5.74, 6) is 0.249. The molecule has 20 heavy (non-hydrogen) atoms. The van der Waals surface area contributed by atoms with Crippen LogP contribution in [0.2, 0.25) is 0 Å². The average Bonchev–Trinajstić information content (AvgIpc) is 2.88. The molecular weight excluding hydrogens is 276 g/mol. The van der Waals surface area contributed by atoms with Crippen LogP contribution in [0.5, 0.6) is 0 Å².